The molecule has 1 aromatic rings. The Morgan fingerprint density at radius 1 is 1.41 bits per heavy atom. The molecule has 0 saturated heterocycles. The number of nitrogens with two attached hydrogens (primary N) is 1. The molecule has 1 unspecified atom stereocenters. The predicted molar refractivity (Wildman–Crippen MR) is 68.0 cm³/mol. The van der Waals surface area contributed by atoms with E-state index in [1.165, 1.54) is 32.0 Å². The molecule has 17 heavy (non-hydrogen) atoms. The van der Waals surface area contributed by atoms with Crippen LogP contribution in [0.5, 0.6) is 5.88 Å². The zero-order valence-corrected chi connectivity index (χ0v) is 10.4. The Morgan fingerprint density at radius 3 is 2.76 bits per heavy atom. The topological polar surface area (TPSA) is 73.1 Å². The van der Waals surface area contributed by atoms with Gasteiger partial charge in [0, 0.05) is 6.04 Å². The first kappa shape index (κ1) is 12.0. The van der Waals surface area contributed by atoms with Crippen LogP contribution >= 0.6 is 0 Å². The molecule has 5 heteroatoms. The van der Waals surface area contributed by atoms with Gasteiger partial charge in [0.25, 0.3) is 0 Å². The van der Waals surface area contributed by atoms with Crippen molar-refractivity contribution >= 4 is 11.5 Å². The number of hydrogen-bond acceptors (Lipinski definition) is 5. The Bertz CT molecular complexity index is 377. The van der Waals surface area contributed by atoms with Crippen molar-refractivity contribution in [3.05, 3.63) is 6.33 Å². The molecule has 0 aliphatic heterocycles. The van der Waals surface area contributed by atoms with Crippen LogP contribution in [0.2, 0.25) is 0 Å². The van der Waals surface area contributed by atoms with E-state index in [0.717, 1.165) is 5.92 Å². The molecule has 2 rings (SSSR count). The van der Waals surface area contributed by atoms with Crippen molar-refractivity contribution in [2.45, 2.75) is 38.6 Å². The first-order valence-corrected chi connectivity index (χ1v) is 6.13. The standard InChI is InChI=1S/C12H20N4O/c1-8(9-5-3-4-6-9)16-11-10(13)12(17-2)15-7-14-11/h7-9H,3-6,13H2,1-2H3,(H,14,15,16). The van der Waals surface area contributed by atoms with Crippen molar-refractivity contribution in [1.29, 1.82) is 0 Å². The second kappa shape index (κ2) is 5.21. The van der Waals surface area contributed by atoms with Crippen LogP contribution in [0.1, 0.15) is 32.6 Å². The van der Waals surface area contributed by atoms with Gasteiger partial charge in [0.1, 0.15) is 12.0 Å². The molecule has 1 atom stereocenters. The van der Waals surface area contributed by atoms with E-state index in [-0.39, 0.29) is 0 Å². The van der Waals surface area contributed by atoms with E-state index in [4.69, 9.17) is 10.5 Å². The minimum Gasteiger partial charge on any atom is -0.479 e. The Balaban J connectivity index is 2.07. The fraction of sp³-hybridized carbons (Fsp3) is 0.667. The molecule has 1 aliphatic rings. The maximum absolute atomic E-state index is 5.93. The van der Waals surface area contributed by atoms with Crippen molar-refractivity contribution in [2.24, 2.45) is 5.92 Å². The second-order valence-electron chi connectivity index (χ2n) is 4.62. The van der Waals surface area contributed by atoms with Crippen LogP contribution in [0.25, 0.3) is 0 Å². The largest absolute Gasteiger partial charge is 0.479 e. The minimum absolute atomic E-state index is 0.388. The highest BCUT2D eigenvalue weighted by Gasteiger charge is 2.22. The highest BCUT2D eigenvalue weighted by molar-refractivity contribution is 5.66. The summed E-state index contributed by atoms with van der Waals surface area (Å²) < 4.78 is 5.08. The summed E-state index contributed by atoms with van der Waals surface area (Å²) in [5.41, 5.74) is 6.41. The number of rotatable bonds is 4. The normalized spacial score (nSPS) is 18.0. The molecule has 0 radical (unpaired) electrons. The molecule has 0 spiro atoms. The highest BCUT2D eigenvalue weighted by Crippen LogP contribution is 2.31. The molecule has 1 heterocycles. The van der Waals surface area contributed by atoms with Crippen LogP contribution in [0.15, 0.2) is 6.33 Å². The third-order valence-electron chi connectivity index (χ3n) is 3.51. The lowest BCUT2D eigenvalue weighted by molar-refractivity contribution is 0.399. The van der Waals surface area contributed by atoms with Gasteiger partial charge in [0.2, 0.25) is 5.88 Å². The quantitative estimate of drug-likeness (QED) is 0.837. The van der Waals surface area contributed by atoms with Crippen LogP contribution in [0.3, 0.4) is 0 Å². The maximum Gasteiger partial charge on any atom is 0.242 e. The van der Waals surface area contributed by atoms with Gasteiger partial charge in [-0.25, -0.2) is 4.98 Å². The molecule has 1 aromatic heterocycles. The molecular formula is C12H20N4O. The zero-order valence-electron chi connectivity index (χ0n) is 10.4. The Morgan fingerprint density at radius 2 is 2.12 bits per heavy atom. The first-order chi connectivity index (χ1) is 8.22. The van der Waals surface area contributed by atoms with Crippen molar-refractivity contribution in [3.63, 3.8) is 0 Å². The Kier molecular flexibility index (Phi) is 3.66. The minimum atomic E-state index is 0.388. The number of nitrogens with one attached hydrogen (secondary N) is 1. The van der Waals surface area contributed by atoms with E-state index in [1.54, 1.807) is 7.11 Å². The number of hydrogen-bond donors (Lipinski definition) is 2. The van der Waals surface area contributed by atoms with Crippen molar-refractivity contribution in [2.75, 3.05) is 18.2 Å². The molecule has 5 nitrogen and oxygen atoms in total. The number of aromatic nitrogens is 2. The van der Waals surface area contributed by atoms with Gasteiger partial charge in [-0.3, -0.25) is 0 Å². The van der Waals surface area contributed by atoms with Crippen LogP contribution < -0.4 is 15.8 Å². The Hall–Kier alpha value is -1.52. The van der Waals surface area contributed by atoms with Gasteiger partial charge in [0.15, 0.2) is 5.82 Å². The molecule has 1 fully saturated rings. The maximum atomic E-state index is 5.93. The molecule has 0 aromatic carbocycles. The van der Waals surface area contributed by atoms with E-state index in [0.29, 0.717) is 23.4 Å². The third-order valence-corrected chi connectivity index (χ3v) is 3.51. The van der Waals surface area contributed by atoms with E-state index in [9.17, 15) is 0 Å². The van der Waals surface area contributed by atoms with Gasteiger partial charge in [-0.05, 0) is 25.7 Å². The van der Waals surface area contributed by atoms with E-state index < -0.39 is 0 Å². The zero-order chi connectivity index (χ0) is 12.3. The highest BCUT2D eigenvalue weighted by atomic mass is 16.5. The Labute approximate surface area is 102 Å². The van der Waals surface area contributed by atoms with Gasteiger partial charge in [0.05, 0.1) is 7.11 Å². The summed E-state index contributed by atoms with van der Waals surface area (Å²) in [6.45, 7) is 2.18. The smallest absolute Gasteiger partial charge is 0.242 e. The van der Waals surface area contributed by atoms with Crippen LogP contribution in [0, 0.1) is 5.92 Å². The van der Waals surface area contributed by atoms with Gasteiger partial charge in [-0.1, -0.05) is 12.8 Å². The average Bonchev–Trinajstić information content (AvgIpc) is 2.85. The fourth-order valence-electron chi connectivity index (χ4n) is 2.45. The lowest BCUT2D eigenvalue weighted by atomic mass is 10.00. The van der Waals surface area contributed by atoms with E-state index >= 15 is 0 Å². The molecule has 3 N–H and O–H groups in total. The predicted octanol–water partition coefficient (Wildman–Crippen LogP) is 2.06. The van der Waals surface area contributed by atoms with Crippen molar-refractivity contribution in [3.8, 4) is 5.88 Å². The molecule has 0 amide bonds. The fourth-order valence-corrected chi connectivity index (χ4v) is 2.45. The van der Waals surface area contributed by atoms with Gasteiger partial charge < -0.3 is 15.8 Å². The summed E-state index contributed by atoms with van der Waals surface area (Å²) in [5, 5.41) is 3.37. The summed E-state index contributed by atoms with van der Waals surface area (Å²) in [6.07, 6.45) is 6.71. The van der Waals surface area contributed by atoms with E-state index in [1.807, 2.05) is 0 Å². The number of nitrogens with zero attached hydrogens (tertiary/aromatic N) is 2. The molecule has 1 aliphatic carbocycles. The molecule has 94 valence electrons. The van der Waals surface area contributed by atoms with Gasteiger partial charge in [-0.15, -0.1) is 0 Å². The van der Waals surface area contributed by atoms with Crippen molar-refractivity contribution < 1.29 is 4.74 Å². The number of nitrogen functional groups attached to an aromatic ring is 1. The molecule has 0 bridgehead atoms. The lowest BCUT2D eigenvalue weighted by Crippen LogP contribution is -2.25. The van der Waals surface area contributed by atoms with Gasteiger partial charge in [-0.2, -0.15) is 4.98 Å². The van der Waals surface area contributed by atoms with E-state index in [2.05, 4.69) is 22.2 Å². The lowest BCUT2D eigenvalue weighted by Gasteiger charge is -2.21. The average molecular weight is 236 g/mol. The van der Waals surface area contributed by atoms with Crippen LogP contribution in [0.4, 0.5) is 11.5 Å². The monoisotopic (exact) mass is 236 g/mol. The SMILES string of the molecule is COc1ncnc(NC(C)C2CCCC2)c1N. The second-order valence-corrected chi connectivity index (χ2v) is 4.62. The van der Waals surface area contributed by atoms with Crippen LogP contribution in [-0.4, -0.2) is 23.1 Å². The third kappa shape index (κ3) is 2.60. The summed E-state index contributed by atoms with van der Waals surface area (Å²) in [7, 11) is 1.56. The van der Waals surface area contributed by atoms with Gasteiger partial charge >= 0.3 is 0 Å². The summed E-state index contributed by atoms with van der Waals surface area (Å²) in [6, 6.07) is 0.388. The number of ether oxygens (including phenoxy) is 1. The van der Waals surface area contributed by atoms with Crippen molar-refractivity contribution in [1.82, 2.24) is 9.97 Å². The molecule has 1 saturated carbocycles. The summed E-state index contributed by atoms with van der Waals surface area (Å²) in [4.78, 5) is 8.13. The first-order valence-electron chi connectivity index (χ1n) is 6.13. The number of anilines is 2. The summed E-state index contributed by atoms with van der Waals surface area (Å²) in [5.74, 6) is 1.83. The number of methoxy groups -OCH3 is 1. The molecular weight excluding hydrogens is 216 g/mol. The summed E-state index contributed by atoms with van der Waals surface area (Å²) >= 11 is 0. The van der Waals surface area contributed by atoms with Crippen LogP contribution in [-0.2, 0) is 0 Å².